The molecule has 8 heteroatoms. The fourth-order valence-electron chi connectivity index (χ4n) is 3.88. The predicted molar refractivity (Wildman–Crippen MR) is 115 cm³/mol. The van der Waals surface area contributed by atoms with Gasteiger partial charge in [-0.05, 0) is 54.1 Å². The molecule has 3 aromatic carbocycles. The minimum atomic E-state index is -1.06. The summed E-state index contributed by atoms with van der Waals surface area (Å²) >= 11 is 0. The molecule has 1 atom stereocenters. The molecule has 0 aliphatic carbocycles. The Bertz CT molecular complexity index is 1380. The number of nitrogens with one attached hydrogen (secondary N) is 1. The summed E-state index contributed by atoms with van der Waals surface area (Å²) in [6.45, 7) is 0. The Labute approximate surface area is 181 Å². The lowest BCUT2D eigenvalue weighted by molar-refractivity contribution is -0.132. The van der Waals surface area contributed by atoms with E-state index < -0.39 is 29.3 Å². The summed E-state index contributed by atoms with van der Waals surface area (Å²) in [5.74, 6) is -2.70. The zero-order chi connectivity index (χ0) is 22.4. The molecule has 5 rings (SSSR count). The number of aliphatic hydroxyl groups excluding tert-OH is 1. The molecular weight excluding hydrogens is 413 g/mol. The summed E-state index contributed by atoms with van der Waals surface area (Å²) in [7, 11) is 0. The lowest BCUT2D eigenvalue weighted by Crippen LogP contribution is -2.30. The second-order valence-corrected chi connectivity index (χ2v) is 7.35. The van der Waals surface area contributed by atoms with Crippen LogP contribution in [-0.4, -0.2) is 31.9 Å². The number of fused-ring (bicyclic) bond motifs is 1. The van der Waals surface area contributed by atoms with Gasteiger partial charge in [0.1, 0.15) is 17.3 Å². The van der Waals surface area contributed by atoms with Crippen LogP contribution in [0.1, 0.15) is 17.2 Å². The molecular formula is C24H16FN3O4. The highest BCUT2D eigenvalue weighted by Crippen LogP contribution is 2.42. The average Bonchev–Trinajstić information content (AvgIpc) is 3.32. The number of aromatic hydroxyl groups is 1. The van der Waals surface area contributed by atoms with Crippen molar-refractivity contribution in [2.24, 2.45) is 0 Å². The molecule has 1 aromatic heterocycles. The van der Waals surface area contributed by atoms with Crippen LogP contribution in [-0.2, 0) is 9.59 Å². The number of Topliss-reactive ketones (excluding diaryl/α,β-unsaturated/α-hetero) is 1. The number of phenolic OH excluding ortho intramolecular Hbond substituents is 1. The van der Waals surface area contributed by atoms with Crippen LogP contribution in [0, 0.1) is 5.82 Å². The summed E-state index contributed by atoms with van der Waals surface area (Å²) in [5, 5.41) is 21.0. The standard InChI is InChI=1S/C24H16FN3O4/c25-15-10-8-13(9-11-15)21(30)19-20(14-4-3-5-16(29)12-14)28(23(32)22(19)31)24-26-17-6-1-2-7-18(17)27-24/h1-12,20,29-30H,(H,26,27)/b21-19+. The second kappa shape index (κ2) is 7.35. The Kier molecular flexibility index (Phi) is 4.48. The van der Waals surface area contributed by atoms with Crippen LogP contribution in [0.25, 0.3) is 16.8 Å². The van der Waals surface area contributed by atoms with E-state index in [2.05, 4.69) is 9.97 Å². The molecule has 2 heterocycles. The van der Waals surface area contributed by atoms with Gasteiger partial charge in [0.2, 0.25) is 5.95 Å². The van der Waals surface area contributed by atoms with Gasteiger partial charge in [-0.15, -0.1) is 0 Å². The summed E-state index contributed by atoms with van der Waals surface area (Å²) in [5.41, 5.74) is 1.65. The number of halogens is 1. The Morgan fingerprint density at radius 3 is 2.47 bits per heavy atom. The highest BCUT2D eigenvalue weighted by atomic mass is 19.1. The van der Waals surface area contributed by atoms with Gasteiger partial charge in [-0.25, -0.2) is 9.37 Å². The van der Waals surface area contributed by atoms with Gasteiger partial charge >= 0.3 is 5.91 Å². The molecule has 1 aliphatic heterocycles. The summed E-state index contributed by atoms with van der Waals surface area (Å²) in [4.78, 5) is 34.8. The maximum atomic E-state index is 13.4. The van der Waals surface area contributed by atoms with E-state index in [9.17, 15) is 24.2 Å². The molecule has 1 saturated heterocycles. The highest BCUT2D eigenvalue weighted by Gasteiger charge is 2.48. The first-order valence-corrected chi connectivity index (χ1v) is 9.74. The molecule has 1 aliphatic rings. The number of aromatic nitrogens is 2. The van der Waals surface area contributed by atoms with E-state index in [1.54, 1.807) is 36.4 Å². The van der Waals surface area contributed by atoms with Crippen molar-refractivity contribution in [1.82, 2.24) is 9.97 Å². The van der Waals surface area contributed by atoms with Crippen LogP contribution in [0.15, 0.2) is 78.4 Å². The number of hydrogen-bond acceptors (Lipinski definition) is 5. The van der Waals surface area contributed by atoms with Crippen molar-refractivity contribution in [2.75, 3.05) is 4.90 Å². The lowest BCUT2D eigenvalue weighted by atomic mass is 9.95. The number of H-pyrrole nitrogens is 1. The van der Waals surface area contributed by atoms with Gasteiger partial charge < -0.3 is 15.2 Å². The number of amides is 1. The SMILES string of the molecule is O=C1C(=O)N(c2nc3ccccc3[nH]2)C(c2cccc(O)c2)/C1=C(\O)c1ccc(F)cc1. The summed E-state index contributed by atoms with van der Waals surface area (Å²) in [6.07, 6.45) is 0. The number of benzene rings is 3. The number of imidazole rings is 1. The third-order valence-corrected chi connectivity index (χ3v) is 5.35. The van der Waals surface area contributed by atoms with Gasteiger partial charge in [0.05, 0.1) is 22.6 Å². The minimum Gasteiger partial charge on any atom is -0.508 e. The van der Waals surface area contributed by atoms with Crippen LogP contribution in [0.2, 0.25) is 0 Å². The summed E-state index contributed by atoms with van der Waals surface area (Å²) in [6, 6.07) is 17.1. The predicted octanol–water partition coefficient (Wildman–Crippen LogP) is 4.03. The van der Waals surface area contributed by atoms with Gasteiger partial charge in [0.25, 0.3) is 5.78 Å². The van der Waals surface area contributed by atoms with Crippen molar-refractivity contribution in [3.05, 3.63) is 95.3 Å². The Balaban J connectivity index is 1.74. The fourth-order valence-corrected chi connectivity index (χ4v) is 3.88. The third kappa shape index (κ3) is 3.09. The Morgan fingerprint density at radius 2 is 1.75 bits per heavy atom. The minimum absolute atomic E-state index is 0.0699. The number of ketones is 1. The number of carbonyl (C=O) groups excluding carboxylic acids is 2. The van der Waals surface area contributed by atoms with Crippen molar-refractivity contribution in [2.45, 2.75) is 6.04 Å². The number of nitrogens with zero attached hydrogens (tertiary/aromatic N) is 2. The van der Waals surface area contributed by atoms with Crippen LogP contribution in [0.3, 0.4) is 0 Å². The smallest absolute Gasteiger partial charge is 0.302 e. The molecule has 0 radical (unpaired) electrons. The number of carbonyl (C=O) groups is 2. The van der Waals surface area contributed by atoms with E-state index in [1.165, 1.54) is 24.3 Å². The molecule has 158 valence electrons. The lowest BCUT2D eigenvalue weighted by Gasteiger charge is -2.23. The molecule has 1 amide bonds. The normalized spacial score (nSPS) is 17.9. The van der Waals surface area contributed by atoms with Crippen LogP contribution >= 0.6 is 0 Å². The van der Waals surface area contributed by atoms with Crippen molar-refractivity contribution in [3.8, 4) is 5.75 Å². The number of phenols is 1. The summed E-state index contributed by atoms with van der Waals surface area (Å²) < 4.78 is 13.4. The molecule has 32 heavy (non-hydrogen) atoms. The van der Waals surface area contributed by atoms with E-state index in [0.29, 0.717) is 16.6 Å². The van der Waals surface area contributed by atoms with Crippen molar-refractivity contribution >= 4 is 34.4 Å². The number of rotatable bonds is 3. The highest BCUT2D eigenvalue weighted by molar-refractivity contribution is 6.51. The van der Waals surface area contributed by atoms with Crippen molar-refractivity contribution in [1.29, 1.82) is 0 Å². The maximum Gasteiger partial charge on any atom is 0.302 e. The molecule has 1 fully saturated rings. The molecule has 1 unspecified atom stereocenters. The van der Waals surface area contributed by atoms with Gasteiger partial charge in [-0.3, -0.25) is 14.5 Å². The Morgan fingerprint density at radius 1 is 1.00 bits per heavy atom. The number of para-hydroxylation sites is 2. The first-order valence-electron chi connectivity index (χ1n) is 9.74. The fraction of sp³-hybridized carbons (Fsp3) is 0.0417. The van der Waals surface area contributed by atoms with E-state index in [-0.39, 0.29) is 22.8 Å². The quantitative estimate of drug-likeness (QED) is 0.259. The molecule has 0 saturated carbocycles. The van der Waals surface area contributed by atoms with Crippen molar-refractivity contribution < 1.29 is 24.2 Å². The zero-order valence-corrected chi connectivity index (χ0v) is 16.5. The van der Waals surface area contributed by atoms with Crippen molar-refractivity contribution in [3.63, 3.8) is 0 Å². The number of anilines is 1. The average molecular weight is 429 g/mol. The first kappa shape index (κ1) is 19.5. The van der Waals surface area contributed by atoms with Crippen LogP contribution in [0.5, 0.6) is 5.75 Å². The van der Waals surface area contributed by atoms with E-state index in [4.69, 9.17) is 0 Å². The Hall–Kier alpha value is -4.46. The number of aromatic amines is 1. The first-order chi connectivity index (χ1) is 15.4. The molecule has 0 bridgehead atoms. The van der Waals surface area contributed by atoms with E-state index in [0.717, 1.165) is 17.0 Å². The molecule has 7 nitrogen and oxygen atoms in total. The van der Waals surface area contributed by atoms with Gasteiger partial charge in [0, 0.05) is 5.56 Å². The van der Waals surface area contributed by atoms with Gasteiger partial charge in [-0.2, -0.15) is 0 Å². The number of aliphatic hydroxyl groups is 1. The van der Waals surface area contributed by atoms with Gasteiger partial charge in [-0.1, -0.05) is 24.3 Å². The largest absolute Gasteiger partial charge is 0.508 e. The van der Waals surface area contributed by atoms with Gasteiger partial charge in [0.15, 0.2) is 0 Å². The second-order valence-electron chi connectivity index (χ2n) is 7.35. The third-order valence-electron chi connectivity index (χ3n) is 5.35. The van der Waals surface area contributed by atoms with E-state index in [1.807, 2.05) is 0 Å². The van der Waals surface area contributed by atoms with Crippen LogP contribution in [0.4, 0.5) is 10.3 Å². The van der Waals surface area contributed by atoms with E-state index >= 15 is 0 Å². The topological polar surface area (TPSA) is 107 Å². The van der Waals surface area contributed by atoms with Crippen LogP contribution < -0.4 is 4.90 Å². The molecule has 0 spiro atoms. The molecule has 4 aromatic rings. The zero-order valence-electron chi connectivity index (χ0n) is 16.5. The number of hydrogen-bond donors (Lipinski definition) is 3. The molecule has 3 N–H and O–H groups in total. The maximum absolute atomic E-state index is 13.4. The monoisotopic (exact) mass is 429 g/mol.